The number of aryl methyl sites for hydroxylation is 1. The number of amides is 1. The predicted octanol–water partition coefficient (Wildman–Crippen LogP) is 3.77. The Hall–Kier alpha value is -3.09. The molecule has 1 aliphatic heterocycles. The number of aromatic amines is 1. The van der Waals surface area contributed by atoms with Gasteiger partial charge in [0, 0.05) is 43.2 Å². The number of carbonyl (C=O) groups excluding carboxylic acids is 1. The van der Waals surface area contributed by atoms with Crippen LogP contribution >= 0.6 is 0 Å². The van der Waals surface area contributed by atoms with Gasteiger partial charge in [-0.25, -0.2) is 9.97 Å². The molecule has 2 aliphatic rings. The number of methoxy groups -OCH3 is 1. The molecule has 7 nitrogen and oxygen atoms in total. The summed E-state index contributed by atoms with van der Waals surface area (Å²) >= 11 is 0. The monoisotopic (exact) mass is 419 g/mol. The molecule has 0 bridgehead atoms. The number of benzene rings is 1. The first kappa shape index (κ1) is 19.8. The molecule has 3 heterocycles. The minimum absolute atomic E-state index is 0.210. The highest BCUT2D eigenvalue weighted by atomic mass is 16.5. The molecular weight excluding hydrogens is 390 g/mol. The van der Waals surface area contributed by atoms with Gasteiger partial charge in [-0.05, 0) is 37.3 Å². The smallest absolute Gasteiger partial charge is 0.223 e. The second kappa shape index (κ2) is 7.87. The van der Waals surface area contributed by atoms with E-state index in [1.54, 1.807) is 19.6 Å². The summed E-state index contributed by atoms with van der Waals surface area (Å²) in [6.45, 7) is 3.72. The van der Waals surface area contributed by atoms with Gasteiger partial charge in [0.05, 0.1) is 19.1 Å². The average molecular weight is 420 g/mol. The lowest BCUT2D eigenvalue weighted by atomic mass is 10.0. The highest BCUT2D eigenvalue weighted by Crippen LogP contribution is 2.60. The van der Waals surface area contributed by atoms with Crippen LogP contribution in [0.1, 0.15) is 44.1 Å². The van der Waals surface area contributed by atoms with Crippen molar-refractivity contribution in [2.24, 2.45) is 5.92 Å². The van der Waals surface area contributed by atoms with E-state index < -0.39 is 0 Å². The Bertz CT molecular complexity index is 1070. The van der Waals surface area contributed by atoms with E-state index in [4.69, 9.17) is 9.72 Å². The number of imidazole rings is 2. The van der Waals surface area contributed by atoms with Gasteiger partial charge in [-0.2, -0.15) is 0 Å². The maximum absolute atomic E-state index is 13.3. The van der Waals surface area contributed by atoms with Crippen molar-refractivity contribution in [2.75, 3.05) is 13.7 Å². The van der Waals surface area contributed by atoms with Gasteiger partial charge in [0.1, 0.15) is 17.1 Å². The molecule has 1 N–H and O–H groups in total. The van der Waals surface area contributed by atoms with Crippen molar-refractivity contribution < 1.29 is 9.53 Å². The van der Waals surface area contributed by atoms with Crippen molar-refractivity contribution >= 4 is 5.91 Å². The summed E-state index contributed by atoms with van der Waals surface area (Å²) in [5.74, 6) is 2.54. The van der Waals surface area contributed by atoms with Crippen LogP contribution in [0, 0.1) is 5.92 Å². The first-order valence-corrected chi connectivity index (χ1v) is 11.2. The maximum atomic E-state index is 13.3. The number of H-pyrrole nitrogens is 1. The van der Waals surface area contributed by atoms with Crippen LogP contribution in [0.3, 0.4) is 0 Å². The molecule has 2 atom stereocenters. The Labute approximate surface area is 182 Å². The molecule has 1 spiro atoms. The molecule has 1 saturated carbocycles. The van der Waals surface area contributed by atoms with Gasteiger partial charge in [-0.1, -0.05) is 25.5 Å². The van der Waals surface area contributed by atoms with Crippen LogP contribution in [0.5, 0.6) is 5.75 Å². The van der Waals surface area contributed by atoms with Crippen molar-refractivity contribution in [1.29, 1.82) is 0 Å². The molecule has 7 heteroatoms. The number of rotatable bonds is 7. The van der Waals surface area contributed by atoms with Gasteiger partial charge >= 0.3 is 0 Å². The quantitative estimate of drug-likeness (QED) is 0.632. The van der Waals surface area contributed by atoms with Gasteiger partial charge in [-0.15, -0.1) is 0 Å². The van der Waals surface area contributed by atoms with Crippen LogP contribution in [0.15, 0.2) is 43.0 Å². The summed E-state index contributed by atoms with van der Waals surface area (Å²) in [5, 5.41) is 0. The third-order valence-corrected chi connectivity index (χ3v) is 6.77. The van der Waals surface area contributed by atoms with E-state index in [-0.39, 0.29) is 11.4 Å². The Balaban J connectivity index is 1.46. The molecule has 2 unspecified atom stereocenters. The summed E-state index contributed by atoms with van der Waals surface area (Å²) in [4.78, 5) is 27.7. The van der Waals surface area contributed by atoms with Crippen LogP contribution in [0.4, 0.5) is 0 Å². The Morgan fingerprint density at radius 3 is 2.97 bits per heavy atom. The summed E-state index contributed by atoms with van der Waals surface area (Å²) < 4.78 is 7.82. The first-order valence-electron chi connectivity index (χ1n) is 11.2. The fourth-order valence-corrected chi connectivity index (χ4v) is 5.20. The van der Waals surface area contributed by atoms with Gasteiger partial charge < -0.3 is 19.2 Å². The summed E-state index contributed by atoms with van der Waals surface area (Å²) in [6, 6.07) is 7.99. The summed E-state index contributed by atoms with van der Waals surface area (Å²) in [5.41, 5.74) is 2.65. The zero-order valence-electron chi connectivity index (χ0n) is 18.2. The number of hydrogen-bond donors (Lipinski definition) is 1. The number of fused-ring (bicyclic) bond motifs is 2. The highest BCUT2D eigenvalue weighted by Gasteiger charge is 2.63. The number of nitrogens with zero attached hydrogens (tertiary/aromatic N) is 4. The largest absolute Gasteiger partial charge is 0.496 e. The van der Waals surface area contributed by atoms with Crippen molar-refractivity contribution in [3.8, 4) is 17.0 Å². The van der Waals surface area contributed by atoms with Crippen molar-refractivity contribution in [1.82, 2.24) is 24.4 Å². The van der Waals surface area contributed by atoms with E-state index in [0.29, 0.717) is 18.8 Å². The van der Waals surface area contributed by atoms with Gasteiger partial charge in [0.2, 0.25) is 5.91 Å². The standard InChI is InChI=1S/C24H29N5O2/c1-3-6-17-13-24(17)23-27-20(19-7-4-5-8-21(19)31-2)15-28(23)11-12-29(24)22(30)10-9-18-14-25-16-26-18/h4-5,7-8,14-17H,3,6,9-13H2,1-2H3,(H,25,26). The molecule has 0 radical (unpaired) electrons. The normalized spacial score (nSPS) is 21.9. The molecule has 1 fully saturated rings. The molecular formula is C24H29N5O2. The molecule has 2 aromatic heterocycles. The molecule has 0 saturated heterocycles. The van der Waals surface area contributed by atoms with E-state index in [1.807, 2.05) is 24.3 Å². The topological polar surface area (TPSA) is 76.0 Å². The molecule has 162 valence electrons. The molecule has 5 rings (SSSR count). The highest BCUT2D eigenvalue weighted by molar-refractivity contribution is 5.78. The lowest BCUT2D eigenvalue weighted by Gasteiger charge is -2.37. The number of carbonyl (C=O) groups is 1. The van der Waals surface area contributed by atoms with Gasteiger partial charge in [0.15, 0.2) is 0 Å². The van der Waals surface area contributed by atoms with E-state index in [0.717, 1.165) is 60.9 Å². The SMILES string of the molecule is CCCC1CC12c1nc(-c3ccccc3OC)cn1CCN2C(=O)CCc1cnc[nH]1. The third kappa shape index (κ3) is 3.32. The molecule has 1 amide bonds. The molecule has 1 aliphatic carbocycles. The molecule has 3 aromatic rings. The fourth-order valence-electron chi connectivity index (χ4n) is 5.20. The van der Waals surface area contributed by atoms with E-state index in [2.05, 4.69) is 32.6 Å². The summed E-state index contributed by atoms with van der Waals surface area (Å²) in [7, 11) is 1.69. The van der Waals surface area contributed by atoms with Gasteiger partial charge in [-0.3, -0.25) is 4.79 Å². The zero-order valence-corrected chi connectivity index (χ0v) is 18.2. The van der Waals surface area contributed by atoms with Crippen LogP contribution < -0.4 is 4.74 Å². The Morgan fingerprint density at radius 2 is 2.19 bits per heavy atom. The maximum Gasteiger partial charge on any atom is 0.223 e. The number of aromatic nitrogens is 4. The van der Waals surface area contributed by atoms with Crippen LogP contribution in [-0.2, 0) is 23.3 Å². The van der Waals surface area contributed by atoms with E-state index >= 15 is 0 Å². The van der Waals surface area contributed by atoms with Crippen LogP contribution in [-0.4, -0.2) is 44.0 Å². The Morgan fingerprint density at radius 1 is 1.32 bits per heavy atom. The number of nitrogens with one attached hydrogen (secondary N) is 1. The zero-order chi connectivity index (χ0) is 21.4. The number of hydrogen-bond acceptors (Lipinski definition) is 4. The number of ether oxygens (including phenoxy) is 1. The van der Waals surface area contributed by atoms with Gasteiger partial charge in [0.25, 0.3) is 0 Å². The van der Waals surface area contributed by atoms with E-state index in [1.165, 1.54) is 0 Å². The molecule has 31 heavy (non-hydrogen) atoms. The lowest BCUT2D eigenvalue weighted by Crippen LogP contribution is -2.48. The van der Waals surface area contributed by atoms with E-state index in [9.17, 15) is 4.79 Å². The first-order chi connectivity index (χ1) is 15.2. The number of para-hydroxylation sites is 1. The second-order valence-electron chi connectivity index (χ2n) is 8.58. The molecule has 1 aromatic carbocycles. The average Bonchev–Trinajstić information content (AvgIpc) is 3.17. The predicted molar refractivity (Wildman–Crippen MR) is 118 cm³/mol. The fraction of sp³-hybridized carbons (Fsp3) is 0.458. The van der Waals surface area contributed by atoms with Crippen molar-refractivity contribution in [3.05, 3.63) is 54.5 Å². The second-order valence-corrected chi connectivity index (χ2v) is 8.58. The Kier molecular flexibility index (Phi) is 5.04. The van der Waals surface area contributed by atoms with Crippen molar-refractivity contribution in [3.63, 3.8) is 0 Å². The third-order valence-electron chi connectivity index (χ3n) is 6.77. The van der Waals surface area contributed by atoms with Crippen molar-refractivity contribution in [2.45, 2.75) is 51.1 Å². The van der Waals surface area contributed by atoms with Crippen LogP contribution in [0.2, 0.25) is 0 Å². The van der Waals surface area contributed by atoms with Crippen LogP contribution in [0.25, 0.3) is 11.3 Å². The summed E-state index contributed by atoms with van der Waals surface area (Å²) in [6.07, 6.45) is 9.98. The minimum atomic E-state index is -0.264. The lowest BCUT2D eigenvalue weighted by molar-refractivity contribution is -0.136. The minimum Gasteiger partial charge on any atom is -0.496 e.